The highest BCUT2D eigenvalue weighted by Gasteiger charge is 2.31. The van der Waals surface area contributed by atoms with E-state index in [4.69, 9.17) is 0 Å². The maximum absolute atomic E-state index is 12.5. The molecule has 1 atom stereocenters. The molecule has 1 aromatic carbocycles. The highest BCUT2D eigenvalue weighted by molar-refractivity contribution is 7.94. The van der Waals surface area contributed by atoms with Crippen LogP contribution in [-0.4, -0.2) is 26.1 Å². The Bertz CT molecular complexity index is 657. The molecule has 4 nitrogen and oxygen atoms in total. The number of carbonyl (C=O) groups is 1. The standard InChI is InChI=1S/C16H21NO3S/c1-4-5-16(18)17(14-6-7-21(19,20)11-14)15-9-12(2)8-13(3)10-15/h6-10,14H,4-5,11H2,1-3H3. The molecule has 1 aromatic rings. The van der Waals surface area contributed by atoms with Crippen LogP contribution in [0.2, 0.25) is 0 Å². The van der Waals surface area contributed by atoms with Crippen molar-refractivity contribution in [3.05, 3.63) is 40.8 Å². The summed E-state index contributed by atoms with van der Waals surface area (Å²) in [5, 5.41) is 1.21. The van der Waals surface area contributed by atoms with Gasteiger partial charge in [0.25, 0.3) is 0 Å². The number of hydrogen-bond acceptors (Lipinski definition) is 3. The number of anilines is 1. The first-order valence-electron chi connectivity index (χ1n) is 7.13. The van der Waals surface area contributed by atoms with Crippen LogP contribution in [-0.2, 0) is 14.6 Å². The second-order valence-corrected chi connectivity index (χ2v) is 7.52. The van der Waals surface area contributed by atoms with E-state index in [2.05, 4.69) is 0 Å². The quantitative estimate of drug-likeness (QED) is 0.859. The summed E-state index contributed by atoms with van der Waals surface area (Å²) in [4.78, 5) is 14.1. The molecule has 114 valence electrons. The van der Waals surface area contributed by atoms with Crippen molar-refractivity contribution in [3.63, 3.8) is 0 Å². The number of amides is 1. The van der Waals surface area contributed by atoms with Gasteiger partial charge in [-0.1, -0.05) is 13.0 Å². The van der Waals surface area contributed by atoms with Gasteiger partial charge in [0.1, 0.15) is 0 Å². The molecule has 5 heteroatoms. The topological polar surface area (TPSA) is 54.5 Å². The molecule has 1 amide bonds. The Kier molecular flexibility index (Phi) is 4.52. The fourth-order valence-electron chi connectivity index (χ4n) is 2.66. The summed E-state index contributed by atoms with van der Waals surface area (Å²) < 4.78 is 23.3. The zero-order chi connectivity index (χ0) is 15.6. The highest BCUT2D eigenvalue weighted by atomic mass is 32.2. The molecule has 0 aromatic heterocycles. The van der Waals surface area contributed by atoms with E-state index in [9.17, 15) is 13.2 Å². The second kappa shape index (κ2) is 6.02. The average Bonchev–Trinajstić information content (AvgIpc) is 2.68. The first kappa shape index (κ1) is 15.8. The van der Waals surface area contributed by atoms with Crippen LogP contribution < -0.4 is 4.90 Å². The van der Waals surface area contributed by atoms with E-state index in [1.165, 1.54) is 5.41 Å². The van der Waals surface area contributed by atoms with Gasteiger partial charge in [0.2, 0.25) is 5.91 Å². The van der Waals surface area contributed by atoms with Crippen LogP contribution in [0.5, 0.6) is 0 Å². The van der Waals surface area contributed by atoms with Crippen LogP contribution in [0.4, 0.5) is 5.69 Å². The van der Waals surface area contributed by atoms with Gasteiger partial charge in [0.15, 0.2) is 9.84 Å². The van der Waals surface area contributed by atoms with Crippen LogP contribution in [0.25, 0.3) is 0 Å². The van der Waals surface area contributed by atoms with E-state index >= 15 is 0 Å². The maximum Gasteiger partial charge on any atom is 0.227 e. The third kappa shape index (κ3) is 3.73. The SMILES string of the molecule is CCCC(=O)N(c1cc(C)cc(C)c1)C1C=CS(=O)(=O)C1. The Morgan fingerprint density at radius 1 is 1.24 bits per heavy atom. The Labute approximate surface area is 126 Å². The predicted octanol–water partition coefficient (Wildman–Crippen LogP) is 2.75. The molecule has 1 unspecified atom stereocenters. The molecule has 21 heavy (non-hydrogen) atoms. The minimum Gasteiger partial charge on any atom is -0.304 e. The predicted molar refractivity (Wildman–Crippen MR) is 85.0 cm³/mol. The monoisotopic (exact) mass is 307 g/mol. The molecule has 0 aliphatic carbocycles. The first-order chi connectivity index (χ1) is 9.82. The molecule has 0 saturated heterocycles. The summed E-state index contributed by atoms with van der Waals surface area (Å²) in [6, 6.07) is 5.49. The van der Waals surface area contributed by atoms with Gasteiger partial charge in [-0.3, -0.25) is 4.79 Å². The second-order valence-electron chi connectivity index (χ2n) is 5.59. The molecule has 0 bridgehead atoms. The number of sulfone groups is 1. The average molecular weight is 307 g/mol. The summed E-state index contributed by atoms with van der Waals surface area (Å²) >= 11 is 0. The Hall–Kier alpha value is -1.62. The van der Waals surface area contributed by atoms with Crippen molar-refractivity contribution in [1.29, 1.82) is 0 Å². The molecule has 0 fully saturated rings. The van der Waals surface area contributed by atoms with E-state index in [1.54, 1.807) is 11.0 Å². The number of carbonyl (C=O) groups excluding carboxylic acids is 1. The zero-order valence-electron chi connectivity index (χ0n) is 12.7. The van der Waals surface area contributed by atoms with E-state index in [-0.39, 0.29) is 11.7 Å². The van der Waals surface area contributed by atoms with E-state index in [0.717, 1.165) is 23.2 Å². The molecular formula is C16H21NO3S. The zero-order valence-corrected chi connectivity index (χ0v) is 13.5. The number of nitrogens with zero attached hydrogens (tertiary/aromatic N) is 1. The van der Waals surface area contributed by atoms with Gasteiger partial charge >= 0.3 is 0 Å². The molecule has 0 radical (unpaired) electrons. The summed E-state index contributed by atoms with van der Waals surface area (Å²) in [6.45, 7) is 5.89. The van der Waals surface area contributed by atoms with Crippen LogP contribution in [0.15, 0.2) is 29.7 Å². The number of rotatable bonds is 4. The molecule has 2 rings (SSSR count). The normalized spacial score (nSPS) is 19.7. The molecule has 0 saturated carbocycles. The molecular weight excluding hydrogens is 286 g/mol. The van der Waals surface area contributed by atoms with Crippen molar-refractivity contribution in [1.82, 2.24) is 0 Å². The number of benzene rings is 1. The van der Waals surface area contributed by atoms with Crippen molar-refractivity contribution in [3.8, 4) is 0 Å². The fraction of sp³-hybridized carbons (Fsp3) is 0.438. The van der Waals surface area contributed by atoms with Crippen molar-refractivity contribution >= 4 is 21.4 Å². The van der Waals surface area contributed by atoms with Crippen LogP contribution >= 0.6 is 0 Å². The lowest BCUT2D eigenvalue weighted by molar-refractivity contribution is -0.118. The third-order valence-electron chi connectivity index (χ3n) is 3.46. The minimum absolute atomic E-state index is 0.0323. The Morgan fingerprint density at radius 2 is 1.86 bits per heavy atom. The summed E-state index contributed by atoms with van der Waals surface area (Å²) in [7, 11) is -3.19. The molecule has 0 spiro atoms. The van der Waals surface area contributed by atoms with E-state index < -0.39 is 15.9 Å². The molecule has 1 heterocycles. The van der Waals surface area contributed by atoms with Gasteiger partial charge in [-0.05, 0) is 49.6 Å². The summed E-state index contributed by atoms with van der Waals surface area (Å²) in [5.41, 5.74) is 2.89. The summed E-state index contributed by atoms with van der Waals surface area (Å²) in [5.74, 6) is -0.0654. The Morgan fingerprint density at radius 3 is 2.33 bits per heavy atom. The lowest BCUT2D eigenvalue weighted by Crippen LogP contribution is -2.41. The van der Waals surface area contributed by atoms with Crippen LogP contribution in [0.3, 0.4) is 0 Å². The molecule has 0 N–H and O–H groups in total. The van der Waals surface area contributed by atoms with Gasteiger partial charge in [-0.2, -0.15) is 0 Å². The minimum atomic E-state index is -3.19. The largest absolute Gasteiger partial charge is 0.304 e. The van der Waals surface area contributed by atoms with Gasteiger partial charge in [0, 0.05) is 17.5 Å². The first-order valence-corrected chi connectivity index (χ1v) is 8.85. The van der Waals surface area contributed by atoms with Crippen molar-refractivity contribution in [2.45, 2.75) is 39.7 Å². The third-order valence-corrected chi connectivity index (χ3v) is 4.84. The van der Waals surface area contributed by atoms with E-state index in [0.29, 0.717) is 6.42 Å². The fourth-order valence-corrected chi connectivity index (χ4v) is 3.93. The number of hydrogen-bond donors (Lipinski definition) is 0. The van der Waals surface area contributed by atoms with Crippen LogP contribution in [0, 0.1) is 13.8 Å². The number of aryl methyl sites for hydroxylation is 2. The van der Waals surface area contributed by atoms with Gasteiger partial charge in [-0.15, -0.1) is 0 Å². The van der Waals surface area contributed by atoms with Crippen molar-refractivity contribution in [2.24, 2.45) is 0 Å². The van der Waals surface area contributed by atoms with Gasteiger partial charge in [-0.25, -0.2) is 8.42 Å². The lowest BCUT2D eigenvalue weighted by atomic mass is 10.1. The van der Waals surface area contributed by atoms with E-state index in [1.807, 2.05) is 39.0 Å². The lowest BCUT2D eigenvalue weighted by Gasteiger charge is -2.28. The Balaban J connectivity index is 2.41. The smallest absolute Gasteiger partial charge is 0.227 e. The molecule has 1 aliphatic rings. The van der Waals surface area contributed by atoms with Gasteiger partial charge < -0.3 is 4.90 Å². The van der Waals surface area contributed by atoms with Crippen molar-refractivity contribution < 1.29 is 13.2 Å². The van der Waals surface area contributed by atoms with Gasteiger partial charge in [0.05, 0.1) is 11.8 Å². The highest BCUT2D eigenvalue weighted by Crippen LogP contribution is 2.26. The molecule has 1 aliphatic heterocycles. The maximum atomic E-state index is 12.5. The van der Waals surface area contributed by atoms with Crippen LogP contribution in [0.1, 0.15) is 30.9 Å². The summed E-state index contributed by atoms with van der Waals surface area (Å²) in [6.07, 6.45) is 2.77. The van der Waals surface area contributed by atoms with Crippen molar-refractivity contribution in [2.75, 3.05) is 10.7 Å².